The quantitative estimate of drug-likeness (QED) is 0.646. The molecule has 1 aromatic heterocycles. The Morgan fingerprint density at radius 1 is 1.46 bits per heavy atom. The lowest BCUT2D eigenvalue weighted by Gasteiger charge is -2.00. The Morgan fingerprint density at radius 3 is 3.08 bits per heavy atom. The maximum atomic E-state index is 4.29. The molecule has 0 unspecified atom stereocenters. The summed E-state index contributed by atoms with van der Waals surface area (Å²) in [5.41, 5.74) is 2.94. The van der Waals surface area contributed by atoms with Gasteiger partial charge in [-0.2, -0.15) is 0 Å². The molecule has 0 bridgehead atoms. The van der Waals surface area contributed by atoms with E-state index in [-0.39, 0.29) is 0 Å². The van der Waals surface area contributed by atoms with Crippen molar-refractivity contribution >= 4 is 29.0 Å². The van der Waals surface area contributed by atoms with E-state index in [0.29, 0.717) is 5.92 Å². The number of rotatable bonds is 1. The molecular weight excluding hydrogens is 180 g/mol. The minimum atomic E-state index is 0.423. The highest BCUT2D eigenvalue weighted by atomic mass is 32.1. The van der Waals surface area contributed by atoms with Crippen LogP contribution >= 0.6 is 11.3 Å². The van der Waals surface area contributed by atoms with Crippen molar-refractivity contribution < 1.29 is 0 Å². The molecule has 1 aromatic rings. The van der Waals surface area contributed by atoms with E-state index >= 15 is 0 Å². The van der Waals surface area contributed by atoms with E-state index < -0.39 is 0 Å². The number of hydrogen-bond acceptors (Lipinski definition) is 3. The molecule has 3 heteroatoms. The molecular formula is C10H10N2S. The van der Waals surface area contributed by atoms with Gasteiger partial charge >= 0.3 is 0 Å². The lowest BCUT2D eigenvalue weighted by molar-refractivity contribution is 0.836. The highest BCUT2D eigenvalue weighted by Crippen LogP contribution is 2.10. The number of fused-ring (bicyclic) bond motifs is 1. The number of aliphatic imine (C=N–C) groups is 1. The lowest BCUT2D eigenvalue weighted by atomic mass is 10.1. The van der Waals surface area contributed by atoms with Gasteiger partial charge in [0, 0.05) is 6.08 Å². The first kappa shape index (κ1) is 8.42. The van der Waals surface area contributed by atoms with E-state index in [1.165, 1.54) is 4.53 Å². The number of nitrogens with zero attached hydrogens (tertiary/aromatic N) is 2. The molecule has 2 nitrogen and oxygen atoms in total. The van der Waals surface area contributed by atoms with Crippen LogP contribution < -0.4 is 9.88 Å². The van der Waals surface area contributed by atoms with Crippen molar-refractivity contribution in [1.82, 2.24) is 4.98 Å². The van der Waals surface area contributed by atoms with Crippen LogP contribution in [0.4, 0.5) is 0 Å². The monoisotopic (exact) mass is 190 g/mol. The smallest absolute Gasteiger partial charge is 0.0837 e. The van der Waals surface area contributed by atoms with Crippen molar-refractivity contribution in [2.75, 3.05) is 0 Å². The zero-order valence-corrected chi connectivity index (χ0v) is 8.43. The number of thiazole rings is 1. The Morgan fingerprint density at radius 2 is 2.31 bits per heavy atom. The second-order valence-corrected chi connectivity index (χ2v) is 4.04. The predicted octanol–water partition coefficient (Wildman–Crippen LogP) is 0.927. The van der Waals surface area contributed by atoms with Crippen molar-refractivity contribution in [2.45, 2.75) is 13.8 Å². The molecule has 0 amide bonds. The third-order valence-electron chi connectivity index (χ3n) is 1.88. The fourth-order valence-electron chi connectivity index (χ4n) is 1.23. The molecule has 2 rings (SSSR count). The Labute approximate surface area is 80.7 Å². The lowest BCUT2D eigenvalue weighted by Crippen LogP contribution is -2.23. The summed E-state index contributed by atoms with van der Waals surface area (Å²) < 4.78 is 1.18. The van der Waals surface area contributed by atoms with Gasteiger partial charge in [0.2, 0.25) is 0 Å². The fourth-order valence-corrected chi connectivity index (χ4v) is 2.15. The van der Waals surface area contributed by atoms with Crippen LogP contribution in [0.3, 0.4) is 0 Å². The molecule has 1 aliphatic rings. The molecule has 0 saturated carbocycles. The van der Waals surface area contributed by atoms with Gasteiger partial charge in [-0.1, -0.05) is 13.8 Å². The molecule has 1 aliphatic heterocycles. The second-order valence-electron chi connectivity index (χ2n) is 3.18. The highest BCUT2D eigenvalue weighted by Gasteiger charge is 2.05. The normalized spacial score (nSPS) is 14.2. The van der Waals surface area contributed by atoms with Gasteiger partial charge in [-0.15, -0.1) is 11.3 Å². The van der Waals surface area contributed by atoms with E-state index in [4.69, 9.17) is 0 Å². The maximum absolute atomic E-state index is 4.29. The van der Waals surface area contributed by atoms with E-state index in [9.17, 15) is 0 Å². The molecule has 0 atom stereocenters. The van der Waals surface area contributed by atoms with Gasteiger partial charge in [-0.05, 0) is 17.9 Å². The van der Waals surface area contributed by atoms with Gasteiger partial charge in [-0.25, -0.2) is 9.98 Å². The zero-order valence-electron chi connectivity index (χ0n) is 7.61. The molecule has 13 heavy (non-hydrogen) atoms. The van der Waals surface area contributed by atoms with Crippen LogP contribution in [0.5, 0.6) is 0 Å². The van der Waals surface area contributed by atoms with Crippen LogP contribution in [-0.4, -0.2) is 10.9 Å². The Hall–Kier alpha value is -1.18. The molecule has 66 valence electrons. The molecule has 0 aromatic carbocycles. The Balaban J connectivity index is 2.85. The fraction of sp³-hybridized carbons (Fsp3) is 0.300. The van der Waals surface area contributed by atoms with Crippen molar-refractivity contribution in [1.29, 1.82) is 0 Å². The summed E-state index contributed by atoms with van der Waals surface area (Å²) in [6, 6.07) is 0. The summed E-state index contributed by atoms with van der Waals surface area (Å²) in [7, 11) is 0. The van der Waals surface area contributed by atoms with Crippen molar-refractivity contribution in [2.24, 2.45) is 10.9 Å². The van der Waals surface area contributed by atoms with Crippen LogP contribution in [0.1, 0.15) is 13.8 Å². The Kier molecular flexibility index (Phi) is 2.13. The van der Waals surface area contributed by atoms with Gasteiger partial charge in [-0.3, -0.25) is 0 Å². The number of aromatic nitrogens is 1. The standard InChI is InChI=1S/C10H10N2S/c1-7(2)9-10-8(12-6-13-10)4-3-5-11-9/h3-4,6-7H,1-2H3. The third kappa shape index (κ3) is 1.48. The summed E-state index contributed by atoms with van der Waals surface area (Å²) in [6.45, 7) is 4.27. The Bertz CT molecular complexity index is 487. The second kappa shape index (κ2) is 3.29. The van der Waals surface area contributed by atoms with Crippen molar-refractivity contribution in [3.63, 3.8) is 0 Å². The summed E-state index contributed by atoms with van der Waals surface area (Å²) in [5, 5.41) is 1.02. The number of hydrogen-bond donors (Lipinski definition) is 0. The zero-order chi connectivity index (χ0) is 9.26. The van der Waals surface area contributed by atoms with E-state index in [1.54, 1.807) is 11.3 Å². The molecule has 0 saturated heterocycles. The SMILES string of the molecule is CC(C)C1=c2scnc2=CC=C=N1. The summed E-state index contributed by atoms with van der Waals surface area (Å²) in [4.78, 5) is 8.55. The van der Waals surface area contributed by atoms with Crippen LogP contribution in [0.25, 0.3) is 11.8 Å². The molecule has 0 fully saturated rings. The maximum Gasteiger partial charge on any atom is 0.0837 e. The largest absolute Gasteiger partial charge is 0.245 e. The molecule has 0 radical (unpaired) electrons. The first-order valence-corrected chi connectivity index (χ1v) is 5.10. The van der Waals surface area contributed by atoms with E-state index in [2.05, 4.69) is 29.7 Å². The van der Waals surface area contributed by atoms with Gasteiger partial charge in [0.25, 0.3) is 0 Å². The van der Waals surface area contributed by atoms with Crippen LogP contribution in [-0.2, 0) is 0 Å². The highest BCUT2D eigenvalue weighted by molar-refractivity contribution is 7.07. The third-order valence-corrected chi connectivity index (χ3v) is 2.74. The van der Waals surface area contributed by atoms with E-state index in [1.807, 2.05) is 17.7 Å². The van der Waals surface area contributed by atoms with Crippen molar-refractivity contribution in [3.8, 4) is 0 Å². The minimum absolute atomic E-state index is 0.423. The molecule has 2 heterocycles. The van der Waals surface area contributed by atoms with Gasteiger partial charge < -0.3 is 0 Å². The molecule has 0 spiro atoms. The predicted molar refractivity (Wildman–Crippen MR) is 56.1 cm³/mol. The number of allylic oxidation sites excluding steroid dienone is 1. The van der Waals surface area contributed by atoms with Crippen molar-refractivity contribution in [3.05, 3.63) is 21.5 Å². The minimum Gasteiger partial charge on any atom is -0.245 e. The van der Waals surface area contributed by atoms with Gasteiger partial charge in [0.15, 0.2) is 0 Å². The topological polar surface area (TPSA) is 25.2 Å². The average molecular weight is 190 g/mol. The van der Waals surface area contributed by atoms with Crippen LogP contribution in [0.15, 0.2) is 16.6 Å². The first-order valence-electron chi connectivity index (χ1n) is 4.22. The van der Waals surface area contributed by atoms with Crippen LogP contribution in [0, 0.1) is 5.92 Å². The van der Waals surface area contributed by atoms with Crippen LogP contribution in [0.2, 0.25) is 0 Å². The first-order chi connectivity index (χ1) is 6.29. The molecule has 0 N–H and O–H groups in total. The van der Waals surface area contributed by atoms with E-state index in [0.717, 1.165) is 11.0 Å². The summed E-state index contributed by atoms with van der Waals surface area (Å²) in [6.07, 6.45) is 3.76. The van der Waals surface area contributed by atoms with Gasteiger partial charge in [0.1, 0.15) is 0 Å². The average Bonchev–Trinajstić information content (AvgIpc) is 2.44. The molecule has 0 aliphatic carbocycles. The summed E-state index contributed by atoms with van der Waals surface area (Å²) >= 11 is 1.64. The summed E-state index contributed by atoms with van der Waals surface area (Å²) in [5.74, 6) is 3.31. The van der Waals surface area contributed by atoms with Gasteiger partial charge in [0.05, 0.1) is 21.1 Å².